The van der Waals surface area contributed by atoms with E-state index >= 15 is 0 Å². The zero-order valence-corrected chi connectivity index (χ0v) is 17.3. The molecule has 0 aromatic heterocycles. The SMILES string of the molecule is CCOc1ccc(C2=NN3[C@@H](C2)c2ccccc2OC32CCN(CC)CC2)cc1. The summed E-state index contributed by atoms with van der Waals surface area (Å²) < 4.78 is 12.3. The van der Waals surface area contributed by atoms with Crippen molar-refractivity contribution in [3.63, 3.8) is 0 Å². The highest BCUT2D eigenvalue weighted by atomic mass is 16.5. The van der Waals surface area contributed by atoms with Crippen molar-refractivity contribution in [2.24, 2.45) is 5.10 Å². The summed E-state index contributed by atoms with van der Waals surface area (Å²) in [6.45, 7) is 8.12. The molecule has 152 valence electrons. The van der Waals surface area contributed by atoms with Crippen molar-refractivity contribution < 1.29 is 9.47 Å². The first-order chi connectivity index (χ1) is 14.2. The molecule has 0 N–H and O–H groups in total. The molecular weight excluding hydrogens is 362 g/mol. The molecule has 1 atom stereocenters. The van der Waals surface area contributed by atoms with Crippen LogP contribution in [0, 0.1) is 0 Å². The van der Waals surface area contributed by atoms with Crippen LogP contribution in [0.15, 0.2) is 53.6 Å². The van der Waals surface area contributed by atoms with Gasteiger partial charge >= 0.3 is 0 Å². The van der Waals surface area contributed by atoms with Crippen molar-refractivity contribution in [2.45, 2.75) is 44.9 Å². The third-order valence-electron chi connectivity index (χ3n) is 6.49. The van der Waals surface area contributed by atoms with E-state index in [2.05, 4.69) is 53.2 Å². The molecule has 0 radical (unpaired) electrons. The van der Waals surface area contributed by atoms with Crippen LogP contribution in [-0.4, -0.2) is 47.6 Å². The van der Waals surface area contributed by atoms with Crippen molar-refractivity contribution in [3.05, 3.63) is 59.7 Å². The van der Waals surface area contributed by atoms with Crippen molar-refractivity contribution >= 4 is 5.71 Å². The molecule has 0 amide bonds. The van der Waals surface area contributed by atoms with Crippen LogP contribution in [0.4, 0.5) is 0 Å². The fraction of sp³-hybridized carbons (Fsp3) is 0.458. The predicted octanol–water partition coefficient (Wildman–Crippen LogP) is 4.44. The van der Waals surface area contributed by atoms with E-state index < -0.39 is 0 Å². The molecule has 0 aliphatic carbocycles. The van der Waals surface area contributed by atoms with Crippen LogP contribution in [-0.2, 0) is 0 Å². The molecular formula is C24H29N3O2. The molecule has 3 aliphatic heterocycles. The second-order valence-electron chi connectivity index (χ2n) is 8.09. The lowest BCUT2D eigenvalue weighted by molar-refractivity contribution is -0.149. The first-order valence-electron chi connectivity index (χ1n) is 10.8. The molecule has 29 heavy (non-hydrogen) atoms. The van der Waals surface area contributed by atoms with Crippen LogP contribution in [0.3, 0.4) is 0 Å². The molecule has 3 aliphatic rings. The lowest BCUT2D eigenvalue weighted by atomic mass is 9.90. The van der Waals surface area contributed by atoms with Gasteiger partial charge in [-0.2, -0.15) is 5.10 Å². The molecule has 5 heteroatoms. The van der Waals surface area contributed by atoms with Crippen LogP contribution < -0.4 is 9.47 Å². The van der Waals surface area contributed by atoms with Crippen LogP contribution in [0.2, 0.25) is 0 Å². The van der Waals surface area contributed by atoms with E-state index in [-0.39, 0.29) is 11.8 Å². The summed E-state index contributed by atoms with van der Waals surface area (Å²) in [4.78, 5) is 2.50. The molecule has 0 saturated carbocycles. The van der Waals surface area contributed by atoms with Gasteiger partial charge in [0.2, 0.25) is 5.72 Å². The minimum atomic E-state index is -0.336. The largest absolute Gasteiger partial charge is 0.494 e. The molecule has 2 aromatic carbocycles. The lowest BCUT2D eigenvalue weighted by Crippen LogP contribution is -2.59. The summed E-state index contributed by atoms with van der Waals surface area (Å²) >= 11 is 0. The minimum absolute atomic E-state index is 0.245. The molecule has 1 saturated heterocycles. The van der Waals surface area contributed by atoms with Gasteiger partial charge in [0, 0.05) is 37.9 Å². The Balaban J connectivity index is 1.49. The average Bonchev–Trinajstić information content (AvgIpc) is 3.22. The number of hydrazone groups is 1. The summed E-state index contributed by atoms with van der Waals surface area (Å²) in [5.74, 6) is 1.94. The van der Waals surface area contributed by atoms with E-state index in [1.165, 1.54) is 11.1 Å². The van der Waals surface area contributed by atoms with Gasteiger partial charge in [-0.1, -0.05) is 25.1 Å². The number of ether oxygens (including phenoxy) is 2. The van der Waals surface area contributed by atoms with E-state index in [1.54, 1.807) is 0 Å². The van der Waals surface area contributed by atoms with Crippen LogP contribution in [0.25, 0.3) is 0 Å². The number of para-hydroxylation sites is 1. The number of rotatable bonds is 4. The average molecular weight is 392 g/mol. The first kappa shape index (κ1) is 18.5. The van der Waals surface area contributed by atoms with Gasteiger partial charge in [0.1, 0.15) is 11.5 Å². The molecule has 5 rings (SSSR count). The van der Waals surface area contributed by atoms with E-state index in [0.29, 0.717) is 6.61 Å². The Kier molecular flexibility index (Phi) is 4.70. The van der Waals surface area contributed by atoms with Crippen molar-refractivity contribution in [1.29, 1.82) is 0 Å². The number of hydrogen-bond donors (Lipinski definition) is 0. The topological polar surface area (TPSA) is 37.3 Å². The van der Waals surface area contributed by atoms with Gasteiger partial charge in [-0.3, -0.25) is 0 Å². The van der Waals surface area contributed by atoms with Gasteiger partial charge in [-0.15, -0.1) is 0 Å². The second-order valence-corrected chi connectivity index (χ2v) is 8.09. The van der Waals surface area contributed by atoms with Crippen LogP contribution in [0.1, 0.15) is 50.3 Å². The molecule has 1 spiro atoms. The molecule has 0 unspecified atom stereocenters. The number of benzene rings is 2. The van der Waals surface area contributed by atoms with E-state index in [9.17, 15) is 0 Å². The molecule has 3 heterocycles. The van der Waals surface area contributed by atoms with Gasteiger partial charge in [0.05, 0.1) is 18.4 Å². The second kappa shape index (κ2) is 7.38. The number of nitrogens with zero attached hydrogens (tertiary/aromatic N) is 3. The number of fused-ring (bicyclic) bond motifs is 4. The monoisotopic (exact) mass is 391 g/mol. The smallest absolute Gasteiger partial charge is 0.200 e. The number of hydrogen-bond acceptors (Lipinski definition) is 5. The van der Waals surface area contributed by atoms with Crippen molar-refractivity contribution in [2.75, 3.05) is 26.2 Å². The zero-order chi connectivity index (χ0) is 19.8. The van der Waals surface area contributed by atoms with Gasteiger partial charge in [-0.25, -0.2) is 5.01 Å². The van der Waals surface area contributed by atoms with E-state index in [1.807, 2.05) is 19.1 Å². The Labute approximate surface area is 172 Å². The third kappa shape index (κ3) is 3.18. The highest BCUT2D eigenvalue weighted by Crippen LogP contribution is 2.49. The number of piperidine rings is 1. The quantitative estimate of drug-likeness (QED) is 0.772. The number of likely N-dealkylation sites (tertiary alicyclic amines) is 1. The van der Waals surface area contributed by atoms with Gasteiger partial charge < -0.3 is 14.4 Å². The first-order valence-corrected chi connectivity index (χ1v) is 10.8. The zero-order valence-electron chi connectivity index (χ0n) is 17.3. The van der Waals surface area contributed by atoms with Gasteiger partial charge in [0.25, 0.3) is 0 Å². The fourth-order valence-corrected chi connectivity index (χ4v) is 4.86. The van der Waals surface area contributed by atoms with Gasteiger partial charge in [-0.05, 0) is 49.4 Å². The maximum absolute atomic E-state index is 6.67. The van der Waals surface area contributed by atoms with E-state index in [0.717, 1.165) is 56.1 Å². The summed E-state index contributed by atoms with van der Waals surface area (Å²) in [6.07, 6.45) is 2.87. The summed E-state index contributed by atoms with van der Waals surface area (Å²) in [7, 11) is 0. The predicted molar refractivity (Wildman–Crippen MR) is 114 cm³/mol. The van der Waals surface area contributed by atoms with E-state index in [4.69, 9.17) is 14.6 Å². The Morgan fingerprint density at radius 3 is 2.55 bits per heavy atom. The molecule has 2 aromatic rings. The molecule has 1 fully saturated rings. The normalized spacial score (nSPS) is 22.6. The maximum atomic E-state index is 6.67. The Bertz CT molecular complexity index is 901. The molecule has 5 nitrogen and oxygen atoms in total. The summed E-state index contributed by atoms with van der Waals surface area (Å²) in [6, 6.07) is 17.1. The fourth-order valence-electron chi connectivity index (χ4n) is 4.86. The summed E-state index contributed by atoms with van der Waals surface area (Å²) in [5, 5.41) is 7.43. The Hall–Kier alpha value is -2.53. The summed E-state index contributed by atoms with van der Waals surface area (Å²) in [5.41, 5.74) is 3.22. The van der Waals surface area contributed by atoms with Crippen LogP contribution in [0.5, 0.6) is 11.5 Å². The highest BCUT2D eigenvalue weighted by Gasteiger charge is 2.51. The molecule has 0 bridgehead atoms. The van der Waals surface area contributed by atoms with Gasteiger partial charge in [0.15, 0.2) is 0 Å². The van der Waals surface area contributed by atoms with Crippen LogP contribution >= 0.6 is 0 Å². The third-order valence-corrected chi connectivity index (χ3v) is 6.49. The Morgan fingerprint density at radius 2 is 1.83 bits per heavy atom. The van der Waals surface area contributed by atoms with Crippen molar-refractivity contribution in [3.8, 4) is 11.5 Å². The minimum Gasteiger partial charge on any atom is -0.494 e. The Morgan fingerprint density at radius 1 is 1.07 bits per heavy atom. The standard InChI is InChI=1S/C24H29N3O2/c1-3-26-15-13-24(14-16-26)27-22(20-7-5-6-8-23(20)29-24)17-21(25-27)18-9-11-19(12-10-18)28-4-2/h5-12,22H,3-4,13-17H2,1-2H3/t22-/m0/s1. The van der Waals surface area contributed by atoms with Crippen molar-refractivity contribution in [1.82, 2.24) is 9.91 Å². The highest BCUT2D eigenvalue weighted by molar-refractivity contribution is 6.02. The maximum Gasteiger partial charge on any atom is 0.200 e. The lowest BCUT2D eigenvalue weighted by Gasteiger charge is -2.51.